The maximum Gasteiger partial charge on any atom is 0.266 e. The van der Waals surface area contributed by atoms with E-state index in [9.17, 15) is 14.4 Å². The summed E-state index contributed by atoms with van der Waals surface area (Å²) in [6, 6.07) is 18.4. The van der Waals surface area contributed by atoms with Crippen LogP contribution in [0.25, 0.3) is 0 Å². The average Bonchev–Trinajstić information content (AvgIpc) is 2.69. The van der Waals surface area contributed by atoms with Gasteiger partial charge in [-0.25, -0.2) is 4.68 Å². The number of amides is 1. The largest absolute Gasteiger partial charge is 0.350 e. The topological polar surface area (TPSA) is 81.1 Å². The zero-order chi connectivity index (χ0) is 18.4. The van der Waals surface area contributed by atoms with E-state index in [1.165, 1.54) is 16.9 Å². The highest BCUT2D eigenvalue weighted by molar-refractivity contribution is 6.15. The second-order valence-electron chi connectivity index (χ2n) is 5.58. The van der Waals surface area contributed by atoms with Crippen LogP contribution in [-0.4, -0.2) is 28.0 Å². The van der Waals surface area contributed by atoms with Gasteiger partial charge < -0.3 is 5.32 Å². The molecule has 2 aromatic carbocycles. The number of hydrogen-bond acceptors (Lipinski definition) is 4. The molecule has 0 saturated carbocycles. The quantitative estimate of drug-likeness (QED) is 0.691. The van der Waals surface area contributed by atoms with Crippen molar-refractivity contribution in [3.8, 4) is 0 Å². The summed E-state index contributed by atoms with van der Waals surface area (Å²) in [7, 11) is 0. The molecule has 0 aliphatic rings. The Labute approximate surface area is 150 Å². The third-order valence-electron chi connectivity index (χ3n) is 3.85. The SMILES string of the molecule is O=C(NCCn1ncccc1=O)c1ccccc1C(=O)c1ccccc1. The Balaban J connectivity index is 1.73. The number of carbonyl (C=O) groups is 2. The maximum absolute atomic E-state index is 12.7. The van der Waals surface area contributed by atoms with Gasteiger partial charge in [-0.3, -0.25) is 14.4 Å². The molecule has 0 unspecified atom stereocenters. The Morgan fingerprint density at radius 2 is 1.58 bits per heavy atom. The van der Waals surface area contributed by atoms with E-state index >= 15 is 0 Å². The van der Waals surface area contributed by atoms with Crippen LogP contribution >= 0.6 is 0 Å². The number of benzene rings is 2. The van der Waals surface area contributed by atoms with Gasteiger partial charge in [0.2, 0.25) is 0 Å². The number of nitrogens with one attached hydrogen (secondary N) is 1. The van der Waals surface area contributed by atoms with Gasteiger partial charge in [-0.15, -0.1) is 0 Å². The minimum atomic E-state index is -0.367. The molecule has 1 N–H and O–H groups in total. The van der Waals surface area contributed by atoms with Crippen LogP contribution in [0.2, 0.25) is 0 Å². The predicted octanol–water partition coefficient (Wildman–Crippen LogP) is 1.90. The van der Waals surface area contributed by atoms with Crippen molar-refractivity contribution in [3.05, 3.63) is 100.0 Å². The first-order valence-corrected chi connectivity index (χ1v) is 8.16. The minimum Gasteiger partial charge on any atom is -0.350 e. The summed E-state index contributed by atoms with van der Waals surface area (Å²) >= 11 is 0. The lowest BCUT2D eigenvalue weighted by atomic mass is 9.98. The first kappa shape index (κ1) is 17.3. The Morgan fingerprint density at radius 1 is 0.885 bits per heavy atom. The smallest absolute Gasteiger partial charge is 0.266 e. The van der Waals surface area contributed by atoms with Crippen LogP contribution in [0, 0.1) is 0 Å². The molecule has 130 valence electrons. The molecule has 0 bridgehead atoms. The number of carbonyl (C=O) groups excluding carboxylic acids is 2. The van der Waals surface area contributed by atoms with Gasteiger partial charge in [0.25, 0.3) is 11.5 Å². The summed E-state index contributed by atoms with van der Waals surface area (Å²) in [5, 5.41) is 6.66. The van der Waals surface area contributed by atoms with Crippen LogP contribution in [-0.2, 0) is 6.54 Å². The number of ketones is 1. The molecule has 6 nitrogen and oxygen atoms in total. The van der Waals surface area contributed by atoms with Crippen LogP contribution in [0.15, 0.2) is 77.7 Å². The monoisotopic (exact) mass is 347 g/mol. The minimum absolute atomic E-state index is 0.211. The van der Waals surface area contributed by atoms with Gasteiger partial charge >= 0.3 is 0 Å². The van der Waals surface area contributed by atoms with E-state index in [4.69, 9.17) is 0 Å². The van der Waals surface area contributed by atoms with Gasteiger partial charge in [0.1, 0.15) is 0 Å². The molecule has 0 fully saturated rings. The number of nitrogens with zero attached hydrogens (tertiary/aromatic N) is 2. The van der Waals surface area contributed by atoms with E-state index in [1.54, 1.807) is 54.6 Å². The summed E-state index contributed by atoms with van der Waals surface area (Å²) in [6.45, 7) is 0.476. The van der Waals surface area contributed by atoms with Crippen molar-refractivity contribution in [1.29, 1.82) is 0 Å². The van der Waals surface area contributed by atoms with Gasteiger partial charge in [0.15, 0.2) is 5.78 Å². The Morgan fingerprint density at radius 3 is 2.31 bits per heavy atom. The zero-order valence-electron chi connectivity index (χ0n) is 14.0. The molecule has 0 aliphatic heterocycles. The molecule has 1 heterocycles. The maximum atomic E-state index is 12.7. The average molecular weight is 347 g/mol. The third kappa shape index (κ3) is 3.92. The highest BCUT2D eigenvalue weighted by Crippen LogP contribution is 2.14. The molecule has 0 aliphatic carbocycles. The van der Waals surface area contributed by atoms with Crippen molar-refractivity contribution in [1.82, 2.24) is 15.1 Å². The van der Waals surface area contributed by atoms with Crippen molar-refractivity contribution in [3.63, 3.8) is 0 Å². The molecule has 0 radical (unpaired) electrons. The van der Waals surface area contributed by atoms with Gasteiger partial charge in [-0.05, 0) is 12.1 Å². The number of aromatic nitrogens is 2. The standard InChI is InChI=1S/C20H17N3O3/c24-18-11-6-12-22-23(18)14-13-21-20(26)17-10-5-4-9-16(17)19(25)15-7-2-1-3-8-15/h1-12H,13-14H2,(H,21,26). The Kier molecular flexibility index (Phi) is 5.34. The van der Waals surface area contributed by atoms with E-state index in [1.807, 2.05) is 6.07 Å². The first-order valence-electron chi connectivity index (χ1n) is 8.16. The van der Waals surface area contributed by atoms with E-state index in [0.717, 1.165) is 0 Å². The highest BCUT2D eigenvalue weighted by Gasteiger charge is 2.17. The fourth-order valence-corrected chi connectivity index (χ4v) is 2.55. The molecular formula is C20H17N3O3. The summed E-state index contributed by atoms with van der Waals surface area (Å²) in [5.41, 5.74) is 0.926. The van der Waals surface area contributed by atoms with E-state index in [-0.39, 0.29) is 30.3 Å². The van der Waals surface area contributed by atoms with E-state index in [2.05, 4.69) is 10.4 Å². The van der Waals surface area contributed by atoms with Crippen molar-refractivity contribution >= 4 is 11.7 Å². The molecule has 0 atom stereocenters. The third-order valence-corrected chi connectivity index (χ3v) is 3.85. The molecule has 0 spiro atoms. The normalized spacial score (nSPS) is 10.3. The molecule has 0 saturated heterocycles. The van der Waals surface area contributed by atoms with Crippen LogP contribution < -0.4 is 10.9 Å². The molecule has 3 rings (SSSR count). The summed E-state index contributed by atoms with van der Waals surface area (Å²) in [6.07, 6.45) is 1.51. The lowest BCUT2D eigenvalue weighted by Crippen LogP contribution is -2.32. The first-order chi connectivity index (χ1) is 12.7. The molecule has 6 heteroatoms. The fourth-order valence-electron chi connectivity index (χ4n) is 2.55. The van der Waals surface area contributed by atoms with Gasteiger partial charge in [0.05, 0.1) is 12.1 Å². The van der Waals surface area contributed by atoms with Crippen molar-refractivity contribution in [2.75, 3.05) is 6.54 Å². The van der Waals surface area contributed by atoms with Crippen LogP contribution in [0.5, 0.6) is 0 Å². The van der Waals surface area contributed by atoms with Gasteiger partial charge in [-0.2, -0.15) is 5.10 Å². The Bertz CT molecular complexity index is 981. The number of rotatable bonds is 6. The van der Waals surface area contributed by atoms with Crippen LogP contribution in [0.3, 0.4) is 0 Å². The zero-order valence-corrected chi connectivity index (χ0v) is 14.0. The van der Waals surface area contributed by atoms with Gasteiger partial charge in [0, 0.05) is 29.9 Å². The second kappa shape index (κ2) is 8.02. The fraction of sp³-hybridized carbons (Fsp3) is 0.100. The van der Waals surface area contributed by atoms with Crippen LogP contribution in [0.4, 0.5) is 0 Å². The lowest BCUT2D eigenvalue weighted by molar-refractivity contribution is 0.0940. The van der Waals surface area contributed by atoms with Crippen molar-refractivity contribution in [2.45, 2.75) is 6.54 Å². The number of hydrogen-bond donors (Lipinski definition) is 1. The van der Waals surface area contributed by atoms with Crippen molar-refractivity contribution in [2.24, 2.45) is 0 Å². The molecular weight excluding hydrogens is 330 g/mol. The summed E-state index contributed by atoms with van der Waals surface area (Å²) in [5.74, 6) is -0.578. The lowest BCUT2D eigenvalue weighted by Gasteiger charge is -2.10. The highest BCUT2D eigenvalue weighted by atomic mass is 16.2. The summed E-state index contributed by atoms with van der Waals surface area (Å²) in [4.78, 5) is 36.8. The molecule has 1 amide bonds. The summed E-state index contributed by atoms with van der Waals surface area (Å²) < 4.78 is 1.27. The van der Waals surface area contributed by atoms with Crippen molar-refractivity contribution < 1.29 is 9.59 Å². The molecule has 1 aromatic heterocycles. The molecule has 3 aromatic rings. The van der Waals surface area contributed by atoms with Gasteiger partial charge in [-0.1, -0.05) is 48.5 Å². The van der Waals surface area contributed by atoms with E-state index < -0.39 is 0 Å². The molecule has 26 heavy (non-hydrogen) atoms. The predicted molar refractivity (Wildman–Crippen MR) is 97.1 cm³/mol. The Hall–Kier alpha value is -3.54. The van der Waals surface area contributed by atoms with Crippen LogP contribution in [0.1, 0.15) is 26.3 Å². The van der Waals surface area contributed by atoms with E-state index in [0.29, 0.717) is 16.7 Å². The second-order valence-corrected chi connectivity index (χ2v) is 5.58.